The molecular formula is C16H18O2S. The maximum absolute atomic E-state index is 12.1. The molecule has 0 radical (unpaired) electrons. The van der Waals surface area contributed by atoms with Gasteiger partial charge in [0.1, 0.15) is 0 Å². The Balaban J connectivity index is 1.91. The molecule has 0 bridgehead atoms. The number of thiophene rings is 1. The summed E-state index contributed by atoms with van der Waals surface area (Å²) in [4.78, 5) is 24.7. The number of hydrogen-bond donors (Lipinski definition) is 0. The Bertz CT molecular complexity index is 521. The van der Waals surface area contributed by atoms with Crippen molar-refractivity contribution in [3.8, 4) is 0 Å². The SMILES string of the molecule is CC1=CCCCC(C(=O)CCC(=O)c2cccs2)=C1. The lowest BCUT2D eigenvalue weighted by Crippen LogP contribution is -2.06. The molecule has 0 saturated carbocycles. The zero-order chi connectivity index (χ0) is 13.7. The lowest BCUT2D eigenvalue weighted by molar-refractivity contribution is -0.115. The third kappa shape index (κ3) is 4.00. The van der Waals surface area contributed by atoms with Crippen LogP contribution in [0.2, 0.25) is 0 Å². The number of allylic oxidation sites excluding steroid dienone is 4. The first kappa shape index (κ1) is 13.9. The van der Waals surface area contributed by atoms with Gasteiger partial charge in [0.2, 0.25) is 0 Å². The van der Waals surface area contributed by atoms with Crippen LogP contribution in [-0.4, -0.2) is 11.6 Å². The van der Waals surface area contributed by atoms with Crippen molar-refractivity contribution < 1.29 is 9.59 Å². The van der Waals surface area contributed by atoms with Gasteiger partial charge in [0.15, 0.2) is 11.6 Å². The second kappa shape index (κ2) is 6.62. The third-order valence-electron chi connectivity index (χ3n) is 3.25. The summed E-state index contributed by atoms with van der Waals surface area (Å²) in [5.74, 6) is 0.199. The van der Waals surface area contributed by atoms with Crippen molar-refractivity contribution in [2.45, 2.75) is 39.0 Å². The monoisotopic (exact) mass is 274 g/mol. The molecule has 2 nitrogen and oxygen atoms in total. The van der Waals surface area contributed by atoms with Crippen LogP contribution in [0.5, 0.6) is 0 Å². The van der Waals surface area contributed by atoms with Crippen molar-refractivity contribution in [3.05, 3.63) is 45.7 Å². The molecule has 0 saturated heterocycles. The van der Waals surface area contributed by atoms with Crippen LogP contribution in [0.25, 0.3) is 0 Å². The molecule has 0 aliphatic heterocycles. The quantitative estimate of drug-likeness (QED) is 0.749. The number of ketones is 2. The van der Waals surface area contributed by atoms with Gasteiger partial charge in [-0.05, 0) is 43.2 Å². The predicted molar refractivity (Wildman–Crippen MR) is 78.6 cm³/mol. The van der Waals surface area contributed by atoms with Crippen LogP contribution >= 0.6 is 11.3 Å². The molecule has 0 fully saturated rings. The van der Waals surface area contributed by atoms with E-state index in [0.29, 0.717) is 12.8 Å². The molecule has 19 heavy (non-hydrogen) atoms. The van der Waals surface area contributed by atoms with Crippen LogP contribution in [0.1, 0.15) is 48.7 Å². The van der Waals surface area contributed by atoms with Crippen molar-refractivity contribution in [2.75, 3.05) is 0 Å². The van der Waals surface area contributed by atoms with E-state index in [9.17, 15) is 9.59 Å². The first-order valence-electron chi connectivity index (χ1n) is 6.64. The Labute approximate surface area is 117 Å². The lowest BCUT2D eigenvalue weighted by Gasteiger charge is -2.04. The highest BCUT2D eigenvalue weighted by molar-refractivity contribution is 7.12. The summed E-state index contributed by atoms with van der Waals surface area (Å²) in [5.41, 5.74) is 2.04. The van der Waals surface area contributed by atoms with E-state index in [1.54, 1.807) is 0 Å². The van der Waals surface area contributed by atoms with Crippen molar-refractivity contribution in [1.29, 1.82) is 0 Å². The van der Waals surface area contributed by atoms with Gasteiger partial charge < -0.3 is 0 Å². The fourth-order valence-corrected chi connectivity index (χ4v) is 2.89. The van der Waals surface area contributed by atoms with Gasteiger partial charge >= 0.3 is 0 Å². The summed E-state index contributed by atoms with van der Waals surface area (Å²) in [5, 5.41) is 1.89. The largest absolute Gasteiger partial charge is 0.295 e. The number of hydrogen-bond acceptors (Lipinski definition) is 3. The van der Waals surface area contributed by atoms with Crippen LogP contribution in [0.3, 0.4) is 0 Å². The fraction of sp³-hybridized carbons (Fsp3) is 0.375. The molecule has 100 valence electrons. The fourth-order valence-electron chi connectivity index (χ4n) is 2.20. The van der Waals surface area contributed by atoms with Crippen molar-refractivity contribution >= 4 is 22.9 Å². The highest BCUT2D eigenvalue weighted by Crippen LogP contribution is 2.20. The van der Waals surface area contributed by atoms with Crippen LogP contribution < -0.4 is 0 Å². The normalized spacial score (nSPS) is 15.4. The summed E-state index contributed by atoms with van der Waals surface area (Å²) in [6.07, 6.45) is 7.68. The first-order valence-corrected chi connectivity index (χ1v) is 7.52. The maximum atomic E-state index is 12.1. The molecule has 1 aromatic rings. The second-order valence-electron chi connectivity index (χ2n) is 4.83. The maximum Gasteiger partial charge on any atom is 0.173 e. The number of Topliss-reactive ketones (excluding diaryl/α,β-unsaturated/α-hetero) is 2. The minimum atomic E-state index is 0.0739. The number of carbonyl (C=O) groups is 2. The molecular weight excluding hydrogens is 256 g/mol. The average molecular weight is 274 g/mol. The van der Waals surface area contributed by atoms with Crippen molar-refractivity contribution in [1.82, 2.24) is 0 Å². The van der Waals surface area contributed by atoms with Crippen LogP contribution in [0.15, 0.2) is 40.8 Å². The van der Waals surface area contributed by atoms with E-state index in [1.165, 1.54) is 11.3 Å². The molecule has 3 heteroatoms. The Hall–Kier alpha value is -1.48. The molecule has 0 unspecified atom stereocenters. The van der Waals surface area contributed by atoms with Crippen LogP contribution in [0.4, 0.5) is 0 Å². The van der Waals surface area contributed by atoms with Crippen LogP contribution in [0, 0.1) is 0 Å². The first-order chi connectivity index (χ1) is 9.16. The van der Waals surface area contributed by atoms with E-state index in [-0.39, 0.29) is 11.6 Å². The third-order valence-corrected chi connectivity index (χ3v) is 4.16. The van der Waals surface area contributed by atoms with Crippen molar-refractivity contribution in [3.63, 3.8) is 0 Å². The van der Waals surface area contributed by atoms with Crippen LogP contribution in [-0.2, 0) is 4.79 Å². The van der Waals surface area contributed by atoms with Gasteiger partial charge in [-0.1, -0.05) is 23.8 Å². The molecule has 1 heterocycles. The Kier molecular flexibility index (Phi) is 4.86. The van der Waals surface area contributed by atoms with Gasteiger partial charge in [-0.2, -0.15) is 0 Å². The van der Waals surface area contributed by atoms with Gasteiger partial charge in [-0.15, -0.1) is 11.3 Å². The molecule has 0 aromatic carbocycles. The molecule has 1 aromatic heterocycles. The average Bonchev–Trinajstić information content (AvgIpc) is 2.85. The number of carbonyl (C=O) groups excluding carboxylic acids is 2. The topological polar surface area (TPSA) is 34.1 Å². The summed E-state index contributed by atoms with van der Waals surface area (Å²) >= 11 is 1.44. The van der Waals surface area contributed by atoms with E-state index in [2.05, 4.69) is 6.08 Å². The Morgan fingerprint density at radius 1 is 1.26 bits per heavy atom. The molecule has 0 spiro atoms. The van der Waals surface area contributed by atoms with Gasteiger partial charge in [-0.25, -0.2) is 0 Å². The zero-order valence-electron chi connectivity index (χ0n) is 11.1. The van der Waals surface area contributed by atoms with Crippen molar-refractivity contribution in [2.24, 2.45) is 0 Å². The zero-order valence-corrected chi connectivity index (χ0v) is 12.0. The second-order valence-corrected chi connectivity index (χ2v) is 5.78. The summed E-state index contributed by atoms with van der Waals surface area (Å²) in [7, 11) is 0. The molecule has 2 rings (SSSR count). The van der Waals surface area contributed by atoms with Gasteiger partial charge in [0.25, 0.3) is 0 Å². The van der Waals surface area contributed by atoms with E-state index in [4.69, 9.17) is 0 Å². The molecule has 1 aliphatic rings. The van der Waals surface area contributed by atoms with Gasteiger partial charge in [-0.3, -0.25) is 9.59 Å². The predicted octanol–water partition coefficient (Wildman–Crippen LogP) is 4.34. The van der Waals surface area contributed by atoms with E-state index in [1.807, 2.05) is 30.5 Å². The summed E-state index contributed by atoms with van der Waals surface area (Å²) in [6, 6.07) is 3.68. The number of rotatable bonds is 5. The summed E-state index contributed by atoms with van der Waals surface area (Å²) in [6.45, 7) is 2.02. The van der Waals surface area contributed by atoms with E-state index >= 15 is 0 Å². The minimum absolute atomic E-state index is 0.0739. The lowest BCUT2D eigenvalue weighted by atomic mass is 10.00. The standard InChI is InChI=1S/C16H18O2S/c1-12-5-2-3-6-13(11-12)14(17)8-9-15(18)16-7-4-10-19-16/h4-5,7,10-11H,2-3,6,8-9H2,1H3. The highest BCUT2D eigenvalue weighted by atomic mass is 32.1. The van der Waals surface area contributed by atoms with Gasteiger partial charge in [0, 0.05) is 12.8 Å². The van der Waals surface area contributed by atoms with E-state index in [0.717, 1.165) is 35.3 Å². The minimum Gasteiger partial charge on any atom is -0.295 e. The highest BCUT2D eigenvalue weighted by Gasteiger charge is 2.14. The summed E-state index contributed by atoms with van der Waals surface area (Å²) < 4.78 is 0. The molecule has 0 N–H and O–H groups in total. The Morgan fingerprint density at radius 2 is 2.05 bits per heavy atom. The smallest absolute Gasteiger partial charge is 0.173 e. The molecule has 0 atom stereocenters. The molecule has 0 amide bonds. The van der Waals surface area contributed by atoms with Gasteiger partial charge in [0.05, 0.1) is 4.88 Å². The van der Waals surface area contributed by atoms with E-state index < -0.39 is 0 Å². The Morgan fingerprint density at radius 3 is 2.79 bits per heavy atom. The molecule has 1 aliphatic carbocycles.